The molecule has 1 fully saturated rings. The summed E-state index contributed by atoms with van der Waals surface area (Å²) < 4.78 is 10.8. The van der Waals surface area contributed by atoms with Crippen LogP contribution in [0.3, 0.4) is 0 Å². The molecule has 4 amide bonds. The predicted molar refractivity (Wildman–Crippen MR) is 142 cm³/mol. The van der Waals surface area contributed by atoms with Crippen LogP contribution >= 0.6 is 0 Å². The quantitative estimate of drug-likeness (QED) is 0.388. The highest BCUT2D eigenvalue weighted by Gasteiger charge is 2.46. The van der Waals surface area contributed by atoms with Gasteiger partial charge < -0.3 is 19.7 Å². The molecule has 0 aromatic heterocycles. The van der Waals surface area contributed by atoms with Gasteiger partial charge in [-0.25, -0.2) is 9.69 Å². The molecule has 1 N–H and O–H groups in total. The highest BCUT2D eigenvalue weighted by atomic mass is 16.5. The molecule has 0 radical (unpaired) electrons. The van der Waals surface area contributed by atoms with Crippen molar-refractivity contribution < 1.29 is 23.9 Å². The summed E-state index contributed by atoms with van der Waals surface area (Å²) in [6.07, 6.45) is 0.733. The van der Waals surface area contributed by atoms with Gasteiger partial charge >= 0.3 is 6.03 Å². The monoisotopic (exact) mass is 501 g/mol. The lowest BCUT2D eigenvalue weighted by atomic mass is 10.1. The third-order valence-electron chi connectivity index (χ3n) is 6.11. The van der Waals surface area contributed by atoms with Crippen LogP contribution in [0.1, 0.15) is 30.9 Å². The molecule has 1 unspecified atom stereocenters. The van der Waals surface area contributed by atoms with E-state index in [0.29, 0.717) is 23.7 Å². The molecule has 0 aliphatic carbocycles. The van der Waals surface area contributed by atoms with Crippen LogP contribution in [0.4, 0.5) is 16.2 Å². The Kier molecular flexibility index (Phi) is 8.08. The number of benzene rings is 3. The van der Waals surface area contributed by atoms with Gasteiger partial charge in [0.05, 0.1) is 25.8 Å². The number of imide groups is 1. The Morgan fingerprint density at radius 3 is 2.19 bits per heavy atom. The Bertz CT molecular complexity index is 1240. The Balaban J connectivity index is 1.53. The van der Waals surface area contributed by atoms with Crippen LogP contribution in [0.2, 0.25) is 0 Å². The fourth-order valence-corrected chi connectivity index (χ4v) is 4.11. The third kappa shape index (κ3) is 6.09. The van der Waals surface area contributed by atoms with Gasteiger partial charge in [0, 0.05) is 12.2 Å². The van der Waals surface area contributed by atoms with Crippen molar-refractivity contribution in [2.24, 2.45) is 0 Å². The predicted octanol–water partition coefficient (Wildman–Crippen LogP) is 5.16. The summed E-state index contributed by atoms with van der Waals surface area (Å²) in [5.41, 5.74) is 2.90. The van der Waals surface area contributed by atoms with Gasteiger partial charge in [0.1, 0.15) is 17.5 Å². The number of aryl methyl sites for hydroxylation is 1. The molecule has 3 aromatic rings. The fourth-order valence-electron chi connectivity index (χ4n) is 4.11. The van der Waals surface area contributed by atoms with Crippen LogP contribution < -0.4 is 19.7 Å². The molecule has 192 valence electrons. The molecule has 1 heterocycles. The standard InChI is InChI=1S/C29H31N3O5/c1-4-17-37-25-15-9-22(10-16-25)30-27(33)18-26-28(34)32(23-11-5-20(2)6-12-23)29(35)31(26)19-21-7-13-24(36-3)14-8-21/h5-16,26H,4,17-19H2,1-3H3,(H,30,33). The first kappa shape index (κ1) is 25.8. The number of carbonyl (C=O) groups excluding carboxylic acids is 3. The lowest BCUT2D eigenvalue weighted by molar-refractivity contribution is -0.124. The van der Waals surface area contributed by atoms with Crippen LogP contribution in [0.15, 0.2) is 72.8 Å². The Morgan fingerprint density at radius 1 is 0.919 bits per heavy atom. The van der Waals surface area contributed by atoms with Gasteiger partial charge in [-0.1, -0.05) is 36.8 Å². The molecule has 1 aliphatic rings. The topological polar surface area (TPSA) is 88.2 Å². The van der Waals surface area contributed by atoms with Crippen molar-refractivity contribution in [3.05, 3.63) is 83.9 Å². The summed E-state index contributed by atoms with van der Waals surface area (Å²) in [6.45, 7) is 4.76. The molecule has 0 bridgehead atoms. The fraction of sp³-hybridized carbons (Fsp3) is 0.276. The number of amides is 4. The van der Waals surface area contributed by atoms with Gasteiger partial charge in [0.25, 0.3) is 5.91 Å². The Labute approximate surface area is 216 Å². The number of nitrogens with one attached hydrogen (secondary N) is 1. The summed E-state index contributed by atoms with van der Waals surface area (Å²) >= 11 is 0. The van der Waals surface area contributed by atoms with E-state index >= 15 is 0 Å². The molecule has 4 rings (SSSR count). The largest absolute Gasteiger partial charge is 0.497 e. The zero-order chi connectivity index (χ0) is 26.4. The number of carbonyl (C=O) groups is 3. The van der Waals surface area contributed by atoms with E-state index in [-0.39, 0.29) is 18.9 Å². The summed E-state index contributed by atoms with van der Waals surface area (Å²) in [5.74, 6) is 0.617. The molecule has 1 saturated heterocycles. The van der Waals surface area contributed by atoms with Gasteiger partial charge in [0.15, 0.2) is 0 Å². The highest BCUT2D eigenvalue weighted by Crippen LogP contribution is 2.29. The van der Waals surface area contributed by atoms with E-state index < -0.39 is 18.0 Å². The maximum absolute atomic E-state index is 13.5. The molecule has 0 spiro atoms. The first-order valence-corrected chi connectivity index (χ1v) is 12.3. The lowest BCUT2D eigenvalue weighted by Crippen LogP contribution is -2.37. The number of anilines is 2. The van der Waals surface area contributed by atoms with Gasteiger partial charge in [-0.3, -0.25) is 9.59 Å². The summed E-state index contributed by atoms with van der Waals surface area (Å²) in [4.78, 5) is 42.5. The van der Waals surface area contributed by atoms with Gasteiger partial charge in [-0.2, -0.15) is 0 Å². The van der Waals surface area contributed by atoms with Crippen molar-refractivity contribution in [1.29, 1.82) is 0 Å². The average molecular weight is 502 g/mol. The van der Waals surface area contributed by atoms with E-state index in [2.05, 4.69) is 5.32 Å². The lowest BCUT2D eigenvalue weighted by Gasteiger charge is -2.22. The maximum Gasteiger partial charge on any atom is 0.332 e. The minimum absolute atomic E-state index is 0.169. The Hall–Kier alpha value is -4.33. The van der Waals surface area contributed by atoms with E-state index in [9.17, 15) is 14.4 Å². The second kappa shape index (κ2) is 11.6. The number of ether oxygens (including phenoxy) is 2. The molecule has 0 saturated carbocycles. The van der Waals surface area contributed by atoms with Gasteiger partial charge in [-0.05, 0) is 67.4 Å². The van der Waals surface area contributed by atoms with Crippen molar-refractivity contribution in [3.63, 3.8) is 0 Å². The summed E-state index contributed by atoms with van der Waals surface area (Å²) in [5, 5.41) is 2.83. The van der Waals surface area contributed by atoms with Crippen molar-refractivity contribution in [2.45, 2.75) is 39.3 Å². The summed E-state index contributed by atoms with van der Waals surface area (Å²) in [6, 6.07) is 20.1. The van der Waals surface area contributed by atoms with Crippen molar-refractivity contribution in [1.82, 2.24) is 4.90 Å². The Morgan fingerprint density at radius 2 is 1.57 bits per heavy atom. The molecular weight excluding hydrogens is 470 g/mol. The van der Waals surface area contributed by atoms with Crippen LogP contribution in [0, 0.1) is 6.92 Å². The number of hydrogen-bond acceptors (Lipinski definition) is 5. The van der Waals surface area contributed by atoms with Gasteiger partial charge in [0.2, 0.25) is 5.91 Å². The smallest absolute Gasteiger partial charge is 0.332 e. The van der Waals surface area contributed by atoms with Gasteiger partial charge in [-0.15, -0.1) is 0 Å². The van der Waals surface area contributed by atoms with Crippen LogP contribution in [-0.2, 0) is 16.1 Å². The molecular formula is C29H31N3O5. The van der Waals surface area contributed by atoms with Crippen molar-refractivity contribution in [3.8, 4) is 11.5 Å². The number of nitrogens with zero attached hydrogens (tertiary/aromatic N) is 2. The number of hydrogen-bond donors (Lipinski definition) is 1. The first-order chi connectivity index (χ1) is 17.9. The van der Waals surface area contributed by atoms with E-state index in [4.69, 9.17) is 9.47 Å². The zero-order valence-corrected chi connectivity index (χ0v) is 21.3. The normalized spacial score (nSPS) is 15.2. The zero-order valence-electron chi connectivity index (χ0n) is 21.3. The molecule has 1 aliphatic heterocycles. The van der Waals surface area contributed by atoms with E-state index in [1.165, 1.54) is 4.90 Å². The molecule has 37 heavy (non-hydrogen) atoms. The number of urea groups is 1. The molecule has 8 nitrogen and oxygen atoms in total. The third-order valence-corrected chi connectivity index (χ3v) is 6.11. The maximum atomic E-state index is 13.5. The molecule has 8 heteroatoms. The van der Waals surface area contributed by atoms with Crippen LogP contribution in [0.25, 0.3) is 0 Å². The van der Waals surface area contributed by atoms with E-state index in [1.807, 2.05) is 38.1 Å². The minimum Gasteiger partial charge on any atom is -0.497 e. The SMILES string of the molecule is CCCOc1ccc(NC(=O)CC2C(=O)N(c3ccc(C)cc3)C(=O)N2Cc2ccc(OC)cc2)cc1. The molecule has 1 atom stereocenters. The van der Waals surface area contributed by atoms with Crippen LogP contribution in [-0.4, -0.2) is 42.5 Å². The molecule has 3 aromatic carbocycles. The van der Waals surface area contributed by atoms with Crippen molar-refractivity contribution >= 4 is 29.2 Å². The van der Waals surface area contributed by atoms with E-state index in [0.717, 1.165) is 28.2 Å². The van der Waals surface area contributed by atoms with E-state index in [1.54, 1.807) is 55.6 Å². The second-order valence-corrected chi connectivity index (χ2v) is 8.91. The summed E-state index contributed by atoms with van der Waals surface area (Å²) in [7, 11) is 1.58. The second-order valence-electron chi connectivity index (χ2n) is 8.91. The number of methoxy groups -OCH3 is 1. The minimum atomic E-state index is -0.942. The van der Waals surface area contributed by atoms with Crippen molar-refractivity contribution in [2.75, 3.05) is 23.9 Å². The average Bonchev–Trinajstić information content (AvgIpc) is 3.13. The van der Waals surface area contributed by atoms with Crippen LogP contribution in [0.5, 0.6) is 11.5 Å². The first-order valence-electron chi connectivity index (χ1n) is 12.3. The number of rotatable bonds is 10. The highest BCUT2D eigenvalue weighted by molar-refractivity contribution is 6.22.